The number of aryl methyl sites for hydroxylation is 1. The lowest BCUT2D eigenvalue weighted by Gasteiger charge is -2.21. The number of aliphatic hydroxyl groups is 1. The van der Waals surface area contributed by atoms with Crippen molar-refractivity contribution in [1.82, 2.24) is 9.29 Å². The van der Waals surface area contributed by atoms with E-state index in [9.17, 15) is 8.42 Å². The van der Waals surface area contributed by atoms with Crippen molar-refractivity contribution >= 4 is 21.4 Å². The first-order valence-electron chi connectivity index (χ1n) is 5.11. The predicted octanol–water partition coefficient (Wildman–Crippen LogP) is 0.597. The second-order valence-corrected chi connectivity index (χ2v) is 7.14. The zero-order valence-electron chi connectivity index (χ0n) is 8.96. The van der Waals surface area contributed by atoms with E-state index in [0.29, 0.717) is 6.54 Å². The number of thiazole rings is 1. The summed E-state index contributed by atoms with van der Waals surface area (Å²) in [6.45, 7) is 2.15. The third-order valence-corrected chi connectivity index (χ3v) is 6.00. The van der Waals surface area contributed by atoms with E-state index in [1.807, 2.05) is 0 Å². The molecule has 0 saturated carbocycles. The van der Waals surface area contributed by atoms with Crippen LogP contribution in [-0.2, 0) is 10.0 Å². The van der Waals surface area contributed by atoms with Gasteiger partial charge in [0.05, 0.1) is 17.8 Å². The minimum atomic E-state index is -3.45. The SMILES string of the molecule is Cc1ncc(S(=O)(=O)N2CCCC2CO)s1. The number of nitrogens with zero attached hydrogens (tertiary/aromatic N) is 2. The maximum absolute atomic E-state index is 12.2. The van der Waals surface area contributed by atoms with Crippen LogP contribution in [0.15, 0.2) is 10.4 Å². The summed E-state index contributed by atoms with van der Waals surface area (Å²) in [5, 5.41) is 9.87. The number of hydrogen-bond donors (Lipinski definition) is 1. The molecule has 1 unspecified atom stereocenters. The van der Waals surface area contributed by atoms with Gasteiger partial charge in [-0.15, -0.1) is 11.3 Å². The lowest BCUT2D eigenvalue weighted by Crippen LogP contribution is -2.37. The van der Waals surface area contributed by atoms with Crippen LogP contribution in [0.5, 0.6) is 0 Å². The molecule has 0 radical (unpaired) electrons. The Bertz CT molecular complexity index is 469. The molecule has 1 aromatic heterocycles. The van der Waals surface area contributed by atoms with Crippen molar-refractivity contribution in [2.75, 3.05) is 13.2 Å². The standard InChI is InChI=1S/C9H14N2O3S2/c1-7-10-5-9(15-7)16(13,14)11-4-2-3-8(11)6-12/h5,8,12H,2-4,6H2,1H3. The van der Waals surface area contributed by atoms with Gasteiger partial charge >= 0.3 is 0 Å². The molecule has 1 atom stereocenters. The van der Waals surface area contributed by atoms with Crippen molar-refractivity contribution in [3.8, 4) is 0 Å². The van der Waals surface area contributed by atoms with Crippen LogP contribution < -0.4 is 0 Å². The summed E-state index contributed by atoms with van der Waals surface area (Å²) >= 11 is 1.17. The van der Waals surface area contributed by atoms with Crippen LogP contribution >= 0.6 is 11.3 Å². The molecular weight excluding hydrogens is 248 g/mol. The van der Waals surface area contributed by atoms with E-state index in [1.54, 1.807) is 6.92 Å². The van der Waals surface area contributed by atoms with Gasteiger partial charge in [-0.1, -0.05) is 0 Å². The van der Waals surface area contributed by atoms with E-state index in [1.165, 1.54) is 21.8 Å². The van der Waals surface area contributed by atoms with Crippen LogP contribution in [0.4, 0.5) is 0 Å². The van der Waals surface area contributed by atoms with E-state index >= 15 is 0 Å². The van der Waals surface area contributed by atoms with E-state index in [2.05, 4.69) is 4.98 Å². The maximum Gasteiger partial charge on any atom is 0.254 e. The molecule has 0 aromatic carbocycles. The molecule has 1 fully saturated rings. The average Bonchev–Trinajstić information content (AvgIpc) is 2.85. The number of rotatable bonds is 3. The van der Waals surface area contributed by atoms with Gasteiger partial charge in [0.15, 0.2) is 4.21 Å². The van der Waals surface area contributed by atoms with Crippen molar-refractivity contribution in [3.05, 3.63) is 11.2 Å². The van der Waals surface area contributed by atoms with Gasteiger partial charge in [0.1, 0.15) is 0 Å². The van der Waals surface area contributed by atoms with E-state index < -0.39 is 10.0 Å². The molecule has 1 N–H and O–H groups in total. The summed E-state index contributed by atoms with van der Waals surface area (Å²) in [5.74, 6) is 0. The second-order valence-electron chi connectivity index (χ2n) is 3.79. The highest BCUT2D eigenvalue weighted by atomic mass is 32.2. The van der Waals surface area contributed by atoms with E-state index in [4.69, 9.17) is 5.11 Å². The van der Waals surface area contributed by atoms with E-state index in [-0.39, 0.29) is 16.9 Å². The Morgan fingerprint density at radius 2 is 2.44 bits per heavy atom. The number of aromatic nitrogens is 1. The average molecular weight is 262 g/mol. The Balaban J connectivity index is 2.32. The monoisotopic (exact) mass is 262 g/mol. The summed E-state index contributed by atoms with van der Waals surface area (Å²) < 4.78 is 26.1. The minimum absolute atomic E-state index is 0.114. The molecule has 0 spiro atoms. The van der Waals surface area contributed by atoms with Crippen LogP contribution in [-0.4, -0.2) is 42.0 Å². The topological polar surface area (TPSA) is 70.5 Å². The molecule has 0 bridgehead atoms. The smallest absolute Gasteiger partial charge is 0.254 e. The Hall–Kier alpha value is -0.500. The van der Waals surface area contributed by atoms with Gasteiger partial charge in [0, 0.05) is 12.6 Å². The summed E-state index contributed by atoms with van der Waals surface area (Å²) in [5.41, 5.74) is 0. The van der Waals surface area contributed by atoms with Gasteiger partial charge in [-0.3, -0.25) is 0 Å². The van der Waals surface area contributed by atoms with Crippen molar-refractivity contribution in [2.24, 2.45) is 0 Å². The molecule has 16 heavy (non-hydrogen) atoms. The Labute approximate surface area is 98.8 Å². The number of sulfonamides is 1. The van der Waals surface area contributed by atoms with Crippen molar-refractivity contribution < 1.29 is 13.5 Å². The Morgan fingerprint density at radius 1 is 1.69 bits per heavy atom. The first kappa shape index (κ1) is 12.0. The lowest BCUT2D eigenvalue weighted by atomic mass is 10.2. The quantitative estimate of drug-likeness (QED) is 0.866. The molecule has 2 heterocycles. The van der Waals surface area contributed by atoms with Gasteiger partial charge < -0.3 is 5.11 Å². The first-order valence-corrected chi connectivity index (χ1v) is 7.36. The van der Waals surface area contributed by atoms with Crippen LogP contribution in [0.1, 0.15) is 17.8 Å². The molecule has 1 saturated heterocycles. The summed E-state index contributed by atoms with van der Waals surface area (Å²) in [6, 6.07) is -0.271. The molecule has 1 aromatic rings. The molecule has 2 rings (SSSR count). The largest absolute Gasteiger partial charge is 0.395 e. The maximum atomic E-state index is 12.2. The van der Waals surface area contributed by atoms with Gasteiger partial charge in [0.2, 0.25) is 0 Å². The summed E-state index contributed by atoms with van der Waals surface area (Å²) in [6.07, 6.45) is 2.93. The fourth-order valence-corrected chi connectivity index (χ4v) is 4.81. The minimum Gasteiger partial charge on any atom is -0.395 e. The fraction of sp³-hybridized carbons (Fsp3) is 0.667. The van der Waals surface area contributed by atoms with Crippen LogP contribution in [0.2, 0.25) is 0 Å². The van der Waals surface area contributed by atoms with Crippen molar-refractivity contribution in [2.45, 2.75) is 30.0 Å². The molecule has 1 aliphatic rings. The molecule has 5 nitrogen and oxygen atoms in total. The Morgan fingerprint density at radius 3 is 3.00 bits per heavy atom. The summed E-state index contributed by atoms with van der Waals surface area (Å²) in [4.78, 5) is 3.96. The molecule has 0 aliphatic carbocycles. The zero-order chi connectivity index (χ0) is 11.8. The zero-order valence-corrected chi connectivity index (χ0v) is 10.6. The molecule has 0 amide bonds. The van der Waals surface area contributed by atoms with Crippen molar-refractivity contribution in [3.63, 3.8) is 0 Å². The highest BCUT2D eigenvalue weighted by molar-refractivity contribution is 7.91. The normalized spacial score (nSPS) is 22.8. The van der Waals surface area contributed by atoms with Crippen LogP contribution in [0, 0.1) is 6.92 Å². The van der Waals surface area contributed by atoms with Gasteiger partial charge in [-0.05, 0) is 19.8 Å². The Kier molecular flexibility index (Phi) is 3.29. The summed E-state index contributed by atoms with van der Waals surface area (Å²) in [7, 11) is -3.45. The number of aliphatic hydroxyl groups excluding tert-OH is 1. The van der Waals surface area contributed by atoms with Gasteiger partial charge in [0.25, 0.3) is 10.0 Å². The highest BCUT2D eigenvalue weighted by Gasteiger charge is 2.35. The molecule has 90 valence electrons. The second kappa shape index (κ2) is 4.40. The lowest BCUT2D eigenvalue weighted by molar-refractivity contribution is 0.213. The van der Waals surface area contributed by atoms with Gasteiger partial charge in [-0.25, -0.2) is 13.4 Å². The third-order valence-electron chi connectivity index (χ3n) is 2.70. The van der Waals surface area contributed by atoms with Gasteiger partial charge in [-0.2, -0.15) is 4.31 Å². The molecule has 7 heteroatoms. The number of hydrogen-bond acceptors (Lipinski definition) is 5. The van der Waals surface area contributed by atoms with Crippen LogP contribution in [0.25, 0.3) is 0 Å². The van der Waals surface area contributed by atoms with Crippen molar-refractivity contribution in [1.29, 1.82) is 0 Å². The fourth-order valence-electron chi connectivity index (χ4n) is 1.88. The molecular formula is C9H14N2O3S2. The van der Waals surface area contributed by atoms with Crippen LogP contribution in [0.3, 0.4) is 0 Å². The molecule has 1 aliphatic heterocycles. The first-order chi connectivity index (χ1) is 7.55. The third kappa shape index (κ3) is 2.00. The highest BCUT2D eigenvalue weighted by Crippen LogP contribution is 2.28. The van der Waals surface area contributed by atoms with E-state index in [0.717, 1.165) is 17.8 Å². The predicted molar refractivity (Wildman–Crippen MR) is 60.9 cm³/mol.